The maximum absolute atomic E-state index is 12.0. The summed E-state index contributed by atoms with van der Waals surface area (Å²) in [5.74, 6) is -0.203. The fourth-order valence-electron chi connectivity index (χ4n) is 1.97. The Kier molecular flexibility index (Phi) is 6.22. The molecule has 0 aliphatic heterocycles. The number of carbonyl (C=O) groups excluding carboxylic acids is 2. The molecule has 0 aliphatic rings. The predicted molar refractivity (Wildman–Crippen MR) is 75.3 cm³/mol. The summed E-state index contributed by atoms with van der Waals surface area (Å²) in [6.45, 7) is 4.12. The van der Waals surface area contributed by atoms with Crippen LogP contribution in [0.5, 0.6) is 0 Å². The normalized spacial score (nSPS) is 13.6. The molecule has 4 nitrogen and oxygen atoms in total. The fraction of sp³-hybridized carbons (Fsp3) is 0.467. The van der Waals surface area contributed by atoms with Gasteiger partial charge in [0.2, 0.25) is 12.2 Å². The van der Waals surface area contributed by atoms with Crippen molar-refractivity contribution < 1.29 is 9.59 Å². The molecule has 2 unspecified atom stereocenters. The van der Waals surface area contributed by atoms with Crippen LogP contribution in [-0.4, -0.2) is 35.7 Å². The fourth-order valence-corrected chi connectivity index (χ4v) is 1.97. The maximum Gasteiger partial charge on any atom is 0.239 e. The highest BCUT2D eigenvalue weighted by atomic mass is 16.2. The molecular formula is C15H21N2O2. The van der Waals surface area contributed by atoms with E-state index in [0.717, 1.165) is 12.0 Å². The summed E-state index contributed by atoms with van der Waals surface area (Å²) in [5.41, 5.74) is 6.64. The number of benzene rings is 1. The van der Waals surface area contributed by atoms with Crippen molar-refractivity contribution in [1.29, 1.82) is 0 Å². The lowest BCUT2D eigenvalue weighted by Gasteiger charge is -2.29. The van der Waals surface area contributed by atoms with Crippen molar-refractivity contribution >= 4 is 12.2 Å². The first kappa shape index (κ1) is 15.4. The molecule has 4 heteroatoms. The van der Waals surface area contributed by atoms with Gasteiger partial charge in [0.1, 0.15) is 6.04 Å². The zero-order valence-corrected chi connectivity index (χ0v) is 11.5. The van der Waals surface area contributed by atoms with Crippen LogP contribution in [0.1, 0.15) is 25.8 Å². The highest BCUT2D eigenvalue weighted by molar-refractivity contribution is 5.84. The summed E-state index contributed by atoms with van der Waals surface area (Å²) >= 11 is 0. The lowest BCUT2D eigenvalue weighted by molar-refractivity contribution is -0.133. The zero-order valence-electron chi connectivity index (χ0n) is 11.5. The maximum atomic E-state index is 12.0. The van der Waals surface area contributed by atoms with Crippen molar-refractivity contribution in [2.45, 2.75) is 38.8 Å². The molecule has 0 aromatic heterocycles. The number of rotatable bonds is 7. The van der Waals surface area contributed by atoms with Crippen LogP contribution in [-0.2, 0) is 16.0 Å². The van der Waals surface area contributed by atoms with Crippen molar-refractivity contribution in [2.75, 3.05) is 6.54 Å². The Morgan fingerprint density at radius 3 is 2.47 bits per heavy atom. The summed E-state index contributed by atoms with van der Waals surface area (Å²) in [6, 6.07) is 8.44. The van der Waals surface area contributed by atoms with E-state index >= 15 is 0 Å². The van der Waals surface area contributed by atoms with E-state index in [1.807, 2.05) is 43.5 Å². The zero-order chi connectivity index (χ0) is 14.3. The molecule has 1 amide bonds. The first-order valence-corrected chi connectivity index (χ1v) is 6.57. The molecule has 1 rings (SSSR count). The van der Waals surface area contributed by atoms with E-state index in [2.05, 4.69) is 0 Å². The van der Waals surface area contributed by atoms with Gasteiger partial charge in [-0.15, -0.1) is 0 Å². The molecule has 0 spiro atoms. The second kappa shape index (κ2) is 7.69. The highest BCUT2D eigenvalue weighted by Crippen LogP contribution is 2.09. The SMILES string of the molecule is CCCN(C(=O)C(C)N)C([C]=O)Cc1ccccc1. The largest absolute Gasteiger partial charge is 0.330 e. The van der Waals surface area contributed by atoms with Crippen molar-refractivity contribution in [1.82, 2.24) is 4.90 Å². The molecule has 19 heavy (non-hydrogen) atoms. The van der Waals surface area contributed by atoms with E-state index in [-0.39, 0.29) is 5.91 Å². The molecule has 0 bridgehead atoms. The summed E-state index contributed by atoms with van der Waals surface area (Å²) in [7, 11) is 0. The Morgan fingerprint density at radius 2 is 2.00 bits per heavy atom. The van der Waals surface area contributed by atoms with Gasteiger partial charge in [-0.2, -0.15) is 0 Å². The summed E-state index contributed by atoms with van der Waals surface area (Å²) < 4.78 is 0. The number of amides is 1. The molecular weight excluding hydrogens is 240 g/mol. The van der Waals surface area contributed by atoms with E-state index in [1.165, 1.54) is 4.90 Å². The van der Waals surface area contributed by atoms with Gasteiger partial charge < -0.3 is 10.6 Å². The molecule has 0 saturated carbocycles. The third kappa shape index (κ3) is 4.48. The van der Waals surface area contributed by atoms with Gasteiger partial charge in [0, 0.05) is 13.0 Å². The minimum atomic E-state index is -0.599. The van der Waals surface area contributed by atoms with E-state index in [0.29, 0.717) is 13.0 Å². The van der Waals surface area contributed by atoms with Gasteiger partial charge in [-0.05, 0) is 18.9 Å². The molecule has 103 valence electrons. The number of carbonyl (C=O) groups is 1. The average Bonchev–Trinajstić information content (AvgIpc) is 2.43. The Bertz CT molecular complexity index is 404. The van der Waals surface area contributed by atoms with Crippen LogP contribution in [0.15, 0.2) is 30.3 Å². The minimum absolute atomic E-state index is 0.203. The van der Waals surface area contributed by atoms with E-state index in [9.17, 15) is 9.59 Å². The monoisotopic (exact) mass is 261 g/mol. The Morgan fingerprint density at radius 1 is 1.37 bits per heavy atom. The third-order valence-electron chi connectivity index (χ3n) is 2.92. The standard InChI is InChI=1S/C15H21N2O2/c1-3-9-17(15(19)12(2)16)14(11-18)10-13-7-5-4-6-8-13/h4-8,12,14H,3,9-10,16H2,1-2H3. The summed E-state index contributed by atoms with van der Waals surface area (Å²) in [5, 5.41) is 0. The van der Waals surface area contributed by atoms with Crippen LogP contribution in [0.2, 0.25) is 0 Å². The van der Waals surface area contributed by atoms with Crippen molar-refractivity contribution in [2.24, 2.45) is 5.73 Å². The molecule has 1 aromatic carbocycles. The molecule has 2 atom stereocenters. The molecule has 2 N–H and O–H groups in total. The molecule has 0 heterocycles. The molecule has 1 radical (unpaired) electrons. The number of hydrogen-bond donors (Lipinski definition) is 1. The molecule has 1 aromatic rings. The van der Waals surface area contributed by atoms with Crippen molar-refractivity contribution in [3.05, 3.63) is 35.9 Å². The number of nitrogens with zero attached hydrogens (tertiary/aromatic N) is 1. The Balaban J connectivity index is 2.84. The van der Waals surface area contributed by atoms with Gasteiger partial charge in [0.15, 0.2) is 0 Å². The average molecular weight is 261 g/mol. The number of hydrogen-bond acceptors (Lipinski definition) is 3. The number of nitrogens with two attached hydrogens (primary N) is 1. The summed E-state index contributed by atoms with van der Waals surface area (Å²) in [4.78, 5) is 24.8. The topological polar surface area (TPSA) is 63.4 Å². The Labute approximate surface area is 114 Å². The first-order valence-electron chi connectivity index (χ1n) is 6.57. The second-order valence-corrected chi connectivity index (χ2v) is 4.64. The summed E-state index contributed by atoms with van der Waals surface area (Å²) in [6.07, 6.45) is 3.23. The highest BCUT2D eigenvalue weighted by Gasteiger charge is 2.25. The molecule has 0 aliphatic carbocycles. The smallest absolute Gasteiger partial charge is 0.239 e. The lowest BCUT2D eigenvalue weighted by atomic mass is 10.0. The van der Waals surface area contributed by atoms with Crippen LogP contribution in [0.4, 0.5) is 0 Å². The Hall–Kier alpha value is -1.68. The third-order valence-corrected chi connectivity index (χ3v) is 2.92. The van der Waals surface area contributed by atoms with Crippen LogP contribution in [0.3, 0.4) is 0 Å². The lowest BCUT2D eigenvalue weighted by Crippen LogP contribution is -2.49. The predicted octanol–water partition coefficient (Wildman–Crippen LogP) is 1.29. The first-order chi connectivity index (χ1) is 9.10. The second-order valence-electron chi connectivity index (χ2n) is 4.64. The van der Waals surface area contributed by atoms with Crippen LogP contribution >= 0.6 is 0 Å². The van der Waals surface area contributed by atoms with Gasteiger partial charge in [-0.25, -0.2) is 0 Å². The van der Waals surface area contributed by atoms with Crippen LogP contribution in [0, 0.1) is 0 Å². The molecule has 0 fully saturated rings. The van der Waals surface area contributed by atoms with Gasteiger partial charge >= 0.3 is 0 Å². The van der Waals surface area contributed by atoms with Gasteiger partial charge in [0.05, 0.1) is 6.04 Å². The van der Waals surface area contributed by atoms with E-state index < -0.39 is 12.1 Å². The van der Waals surface area contributed by atoms with Crippen LogP contribution in [0.25, 0.3) is 0 Å². The van der Waals surface area contributed by atoms with Crippen molar-refractivity contribution in [3.8, 4) is 0 Å². The van der Waals surface area contributed by atoms with Gasteiger partial charge in [-0.1, -0.05) is 37.3 Å². The quantitative estimate of drug-likeness (QED) is 0.804. The van der Waals surface area contributed by atoms with E-state index in [1.54, 1.807) is 6.92 Å². The van der Waals surface area contributed by atoms with Crippen molar-refractivity contribution in [3.63, 3.8) is 0 Å². The molecule has 0 saturated heterocycles. The van der Waals surface area contributed by atoms with Crippen LogP contribution < -0.4 is 5.73 Å². The van der Waals surface area contributed by atoms with Gasteiger partial charge in [0.25, 0.3) is 0 Å². The minimum Gasteiger partial charge on any atom is -0.330 e. The van der Waals surface area contributed by atoms with Gasteiger partial charge in [-0.3, -0.25) is 9.59 Å². The van der Waals surface area contributed by atoms with E-state index in [4.69, 9.17) is 5.73 Å².